The molecule has 1 aromatic rings. The van der Waals surface area contributed by atoms with Crippen LogP contribution >= 0.6 is 0 Å². The molecule has 2 N–H and O–H groups in total. The third kappa shape index (κ3) is 4.65. The molecule has 0 aliphatic heterocycles. The van der Waals surface area contributed by atoms with Crippen LogP contribution in [0.4, 0.5) is 0 Å². The van der Waals surface area contributed by atoms with Gasteiger partial charge in [-0.15, -0.1) is 0 Å². The van der Waals surface area contributed by atoms with E-state index in [9.17, 15) is 9.90 Å². The highest BCUT2D eigenvalue weighted by molar-refractivity contribution is 5.94. The summed E-state index contributed by atoms with van der Waals surface area (Å²) in [6.07, 6.45) is 1.52. The van der Waals surface area contributed by atoms with Crippen LogP contribution in [0.3, 0.4) is 0 Å². The average molecular weight is 276 g/mol. The molecule has 5 nitrogen and oxygen atoms in total. The van der Waals surface area contributed by atoms with E-state index in [1.165, 1.54) is 11.1 Å². The predicted molar refractivity (Wildman–Crippen MR) is 76.1 cm³/mol. The van der Waals surface area contributed by atoms with Crippen molar-refractivity contribution in [1.82, 2.24) is 9.88 Å². The lowest BCUT2D eigenvalue weighted by molar-refractivity contribution is 0.0311. The zero-order valence-corrected chi connectivity index (χ0v) is 12.1. The second kappa shape index (κ2) is 7.04. The van der Waals surface area contributed by atoms with Crippen molar-refractivity contribution in [1.29, 1.82) is 0 Å². The number of amides is 1. The number of aliphatic hydroxyl groups is 2. The molecule has 1 heterocycles. The Balaban J connectivity index is 3.07. The van der Waals surface area contributed by atoms with Crippen molar-refractivity contribution < 1.29 is 15.0 Å². The average Bonchev–Trinajstić information content (AvgIpc) is 2.41. The highest BCUT2D eigenvalue weighted by Crippen LogP contribution is 2.11. The first kappa shape index (κ1) is 16.2. The van der Waals surface area contributed by atoms with Gasteiger partial charge in [0.05, 0.1) is 11.2 Å². The molecule has 0 unspecified atom stereocenters. The topological polar surface area (TPSA) is 73.7 Å². The highest BCUT2D eigenvalue weighted by atomic mass is 16.3. The number of hydrogen-bond acceptors (Lipinski definition) is 4. The molecule has 20 heavy (non-hydrogen) atoms. The Bertz CT molecular complexity index is 524. The number of nitrogens with zero attached hydrogens (tertiary/aromatic N) is 2. The Labute approximate surface area is 119 Å². The molecule has 108 valence electrons. The highest BCUT2D eigenvalue weighted by Gasteiger charge is 2.24. The summed E-state index contributed by atoms with van der Waals surface area (Å²) in [7, 11) is 0. The number of aliphatic hydroxyl groups excluding tert-OH is 1. The van der Waals surface area contributed by atoms with Crippen LogP contribution in [-0.2, 0) is 0 Å². The van der Waals surface area contributed by atoms with E-state index in [0.717, 1.165) is 0 Å². The number of aromatic nitrogens is 1. The van der Waals surface area contributed by atoms with E-state index in [0.29, 0.717) is 12.1 Å². The standard InChI is InChI=1S/C15H20N2O3/c1-4-17(11-15(2,3)20)14(19)13-12(8-6-10-18)7-5-9-16-13/h5,7,9,18,20H,4,10-11H2,1-3H3. The number of hydrogen-bond donors (Lipinski definition) is 2. The molecular formula is C15H20N2O3. The molecule has 5 heteroatoms. The fourth-order valence-electron chi connectivity index (χ4n) is 1.76. The lowest BCUT2D eigenvalue weighted by Gasteiger charge is -2.28. The van der Waals surface area contributed by atoms with Gasteiger partial charge in [0.15, 0.2) is 0 Å². The van der Waals surface area contributed by atoms with Crippen molar-refractivity contribution in [3.8, 4) is 11.8 Å². The number of carbonyl (C=O) groups excluding carboxylic acids is 1. The largest absolute Gasteiger partial charge is 0.389 e. The van der Waals surface area contributed by atoms with Gasteiger partial charge in [-0.1, -0.05) is 11.8 Å². The van der Waals surface area contributed by atoms with Crippen LogP contribution < -0.4 is 0 Å². The summed E-state index contributed by atoms with van der Waals surface area (Å²) >= 11 is 0. The first-order valence-electron chi connectivity index (χ1n) is 6.45. The van der Waals surface area contributed by atoms with Crippen molar-refractivity contribution in [3.05, 3.63) is 29.6 Å². The van der Waals surface area contributed by atoms with Gasteiger partial charge >= 0.3 is 0 Å². The molecule has 0 spiro atoms. The summed E-state index contributed by atoms with van der Waals surface area (Å²) in [4.78, 5) is 18.1. The smallest absolute Gasteiger partial charge is 0.273 e. The van der Waals surface area contributed by atoms with E-state index in [1.54, 1.807) is 26.0 Å². The summed E-state index contributed by atoms with van der Waals surface area (Å²) in [5, 5.41) is 18.6. The Morgan fingerprint density at radius 2 is 2.20 bits per heavy atom. The fraction of sp³-hybridized carbons (Fsp3) is 0.467. The summed E-state index contributed by atoms with van der Waals surface area (Å²) in [5.41, 5.74) is -0.266. The van der Waals surface area contributed by atoms with Crippen molar-refractivity contribution in [2.24, 2.45) is 0 Å². The van der Waals surface area contributed by atoms with Crippen molar-refractivity contribution >= 4 is 5.91 Å². The van der Waals surface area contributed by atoms with E-state index < -0.39 is 5.60 Å². The van der Waals surface area contributed by atoms with Gasteiger partial charge in [0.2, 0.25) is 0 Å². The third-order valence-corrected chi connectivity index (χ3v) is 2.56. The molecule has 0 fully saturated rings. The van der Waals surface area contributed by atoms with Gasteiger partial charge in [-0.3, -0.25) is 4.79 Å². The second-order valence-electron chi connectivity index (χ2n) is 4.99. The van der Waals surface area contributed by atoms with E-state index in [1.807, 2.05) is 6.92 Å². The van der Waals surface area contributed by atoms with Gasteiger partial charge in [-0.25, -0.2) is 4.98 Å². The first-order chi connectivity index (χ1) is 9.39. The normalized spacial score (nSPS) is 10.7. The molecular weight excluding hydrogens is 256 g/mol. The number of likely N-dealkylation sites (N-methyl/N-ethyl adjacent to an activating group) is 1. The van der Waals surface area contributed by atoms with Gasteiger partial charge in [0.25, 0.3) is 5.91 Å². The third-order valence-electron chi connectivity index (χ3n) is 2.56. The minimum absolute atomic E-state index is 0.214. The van der Waals surface area contributed by atoms with Crippen LogP contribution in [0.1, 0.15) is 36.8 Å². The van der Waals surface area contributed by atoms with Gasteiger partial charge in [0, 0.05) is 19.3 Å². The second-order valence-corrected chi connectivity index (χ2v) is 4.99. The fourth-order valence-corrected chi connectivity index (χ4v) is 1.76. The lowest BCUT2D eigenvalue weighted by atomic mass is 10.1. The molecule has 0 saturated heterocycles. The number of carbonyl (C=O) groups is 1. The molecule has 0 saturated carbocycles. The monoisotopic (exact) mass is 276 g/mol. The molecule has 0 atom stereocenters. The minimum Gasteiger partial charge on any atom is -0.389 e. The van der Waals surface area contributed by atoms with Crippen LogP contribution in [0.5, 0.6) is 0 Å². The Morgan fingerprint density at radius 3 is 2.75 bits per heavy atom. The molecule has 1 rings (SSSR count). The summed E-state index contributed by atoms with van der Waals surface area (Å²) < 4.78 is 0. The lowest BCUT2D eigenvalue weighted by Crippen LogP contribution is -2.42. The molecule has 0 bridgehead atoms. The zero-order chi connectivity index (χ0) is 15.2. The molecule has 1 amide bonds. The van der Waals surface area contributed by atoms with Gasteiger partial charge < -0.3 is 15.1 Å². The molecule has 1 aromatic heterocycles. The quantitative estimate of drug-likeness (QED) is 0.792. The number of pyridine rings is 1. The maximum absolute atomic E-state index is 12.5. The summed E-state index contributed by atoms with van der Waals surface area (Å²) in [6, 6.07) is 3.37. The van der Waals surface area contributed by atoms with Crippen molar-refractivity contribution in [2.75, 3.05) is 19.7 Å². The zero-order valence-electron chi connectivity index (χ0n) is 12.1. The van der Waals surface area contributed by atoms with Gasteiger partial charge in [-0.05, 0) is 32.9 Å². The van der Waals surface area contributed by atoms with Crippen LogP contribution in [0.15, 0.2) is 18.3 Å². The SMILES string of the molecule is CCN(CC(C)(C)O)C(=O)c1ncccc1C#CCO. The minimum atomic E-state index is -0.975. The van der Waals surface area contributed by atoms with Crippen LogP contribution in [-0.4, -0.2) is 51.3 Å². The Morgan fingerprint density at radius 1 is 1.50 bits per heavy atom. The Kier molecular flexibility index (Phi) is 5.68. The van der Waals surface area contributed by atoms with E-state index in [4.69, 9.17) is 5.11 Å². The first-order valence-corrected chi connectivity index (χ1v) is 6.45. The molecule has 0 radical (unpaired) electrons. The van der Waals surface area contributed by atoms with Crippen molar-refractivity contribution in [3.63, 3.8) is 0 Å². The molecule has 0 aliphatic rings. The van der Waals surface area contributed by atoms with Crippen LogP contribution in [0.25, 0.3) is 0 Å². The molecule has 0 aliphatic carbocycles. The van der Waals surface area contributed by atoms with Gasteiger partial charge in [0.1, 0.15) is 12.3 Å². The maximum Gasteiger partial charge on any atom is 0.273 e. The van der Waals surface area contributed by atoms with E-state index >= 15 is 0 Å². The van der Waals surface area contributed by atoms with Gasteiger partial charge in [-0.2, -0.15) is 0 Å². The predicted octanol–water partition coefficient (Wildman–Crippen LogP) is 0.658. The number of rotatable bonds is 4. The van der Waals surface area contributed by atoms with Crippen molar-refractivity contribution in [2.45, 2.75) is 26.4 Å². The van der Waals surface area contributed by atoms with E-state index in [2.05, 4.69) is 16.8 Å². The summed E-state index contributed by atoms with van der Waals surface area (Å²) in [6.45, 7) is 5.54. The molecule has 0 aromatic carbocycles. The maximum atomic E-state index is 12.5. The van der Waals surface area contributed by atoms with Crippen LogP contribution in [0.2, 0.25) is 0 Å². The Hall–Kier alpha value is -1.90. The van der Waals surface area contributed by atoms with E-state index in [-0.39, 0.29) is 24.8 Å². The van der Waals surface area contributed by atoms with Crippen LogP contribution in [0, 0.1) is 11.8 Å². The summed E-state index contributed by atoms with van der Waals surface area (Å²) in [5.74, 6) is 4.94.